The van der Waals surface area contributed by atoms with Gasteiger partial charge in [0.2, 0.25) is 0 Å². The topological polar surface area (TPSA) is 90.1 Å². The maximum Gasteiger partial charge on any atom is 0.338 e. The SMILES string of the molecule is CCOC(=O)c1cccc(NCc2ccc3nc(N)sc3n2)c1. The van der Waals surface area contributed by atoms with Crippen LogP contribution in [0.3, 0.4) is 0 Å². The van der Waals surface area contributed by atoms with Gasteiger partial charge < -0.3 is 15.8 Å². The molecule has 7 heteroatoms. The van der Waals surface area contributed by atoms with Crippen molar-refractivity contribution in [3.63, 3.8) is 0 Å². The lowest BCUT2D eigenvalue weighted by Crippen LogP contribution is -2.06. The van der Waals surface area contributed by atoms with Gasteiger partial charge in [0, 0.05) is 5.69 Å². The highest BCUT2D eigenvalue weighted by atomic mass is 32.1. The van der Waals surface area contributed by atoms with E-state index in [-0.39, 0.29) is 5.97 Å². The number of nitrogen functional groups attached to an aromatic ring is 1. The number of nitrogens with two attached hydrogens (primary N) is 1. The first kappa shape index (κ1) is 15.2. The Kier molecular flexibility index (Phi) is 4.38. The summed E-state index contributed by atoms with van der Waals surface area (Å²) in [5.74, 6) is -0.323. The summed E-state index contributed by atoms with van der Waals surface area (Å²) in [7, 11) is 0. The fourth-order valence-corrected chi connectivity index (χ4v) is 2.86. The third-order valence-corrected chi connectivity index (χ3v) is 3.97. The van der Waals surface area contributed by atoms with E-state index in [9.17, 15) is 4.79 Å². The van der Waals surface area contributed by atoms with Crippen LogP contribution in [0.15, 0.2) is 36.4 Å². The number of anilines is 2. The quantitative estimate of drug-likeness (QED) is 0.700. The van der Waals surface area contributed by atoms with Gasteiger partial charge in [-0.25, -0.2) is 14.8 Å². The number of thiazole rings is 1. The molecule has 0 bridgehead atoms. The van der Waals surface area contributed by atoms with E-state index in [1.165, 1.54) is 11.3 Å². The summed E-state index contributed by atoms with van der Waals surface area (Å²) in [6.07, 6.45) is 0. The second-order valence-corrected chi connectivity index (χ2v) is 5.84. The van der Waals surface area contributed by atoms with E-state index in [1.807, 2.05) is 24.3 Å². The summed E-state index contributed by atoms with van der Waals surface area (Å²) >= 11 is 1.37. The van der Waals surface area contributed by atoms with Gasteiger partial charge in [0.1, 0.15) is 10.3 Å². The van der Waals surface area contributed by atoms with Gasteiger partial charge in [-0.15, -0.1) is 0 Å². The van der Waals surface area contributed by atoms with E-state index >= 15 is 0 Å². The number of hydrogen-bond donors (Lipinski definition) is 2. The Morgan fingerprint density at radius 2 is 2.17 bits per heavy atom. The maximum absolute atomic E-state index is 11.7. The van der Waals surface area contributed by atoms with Gasteiger partial charge in [0.25, 0.3) is 0 Å². The van der Waals surface area contributed by atoms with Gasteiger partial charge in [0.05, 0.1) is 24.4 Å². The molecule has 0 amide bonds. The predicted octanol–water partition coefficient (Wildman–Crippen LogP) is 3.06. The Morgan fingerprint density at radius 1 is 1.30 bits per heavy atom. The molecule has 0 aliphatic rings. The van der Waals surface area contributed by atoms with Gasteiger partial charge in [-0.2, -0.15) is 0 Å². The smallest absolute Gasteiger partial charge is 0.338 e. The van der Waals surface area contributed by atoms with Crippen LogP contribution in [0.5, 0.6) is 0 Å². The lowest BCUT2D eigenvalue weighted by molar-refractivity contribution is 0.0526. The minimum Gasteiger partial charge on any atom is -0.462 e. The lowest BCUT2D eigenvalue weighted by atomic mass is 10.2. The molecule has 23 heavy (non-hydrogen) atoms. The van der Waals surface area contributed by atoms with E-state index < -0.39 is 0 Å². The van der Waals surface area contributed by atoms with E-state index in [0.29, 0.717) is 23.8 Å². The number of carbonyl (C=O) groups excluding carboxylic acids is 1. The van der Waals surface area contributed by atoms with E-state index in [1.54, 1.807) is 19.1 Å². The van der Waals surface area contributed by atoms with Crippen LogP contribution in [0, 0.1) is 0 Å². The molecule has 0 fully saturated rings. The first-order valence-corrected chi connectivity index (χ1v) is 8.00. The maximum atomic E-state index is 11.7. The summed E-state index contributed by atoms with van der Waals surface area (Å²) in [5.41, 5.74) is 8.72. The molecular formula is C16H16N4O2S. The first-order valence-electron chi connectivity index (χ1n) is 7.18. The zero-order valence-corrected chi connectivity index (χ0v) is 13.4. The molecule has 3 rings (SSSR count). The van der Waals surface area contributed by atoms with Crippen LogP contribution in [-0.2, 0) is 11.3 Å². The summed E-state index contributed by atoms with van der Waals surface area (Å²) < 4.78 is 5.00. The third kappa shape index (κ3) is 3.57. The Morgan fingerprint density at radius 3 is 3.00 bits per heavy atom. The van der Waals surface area contributed by atoms with Crippen molar-refractivity contribution < 1.29 is 9.53 Å². The molecule has 3 N–H and O–H groups in total. The number of pyridine rings is 1. The predicted molar refractivity (Wildman–Crippen MR) is 91.6 cm³/mol. The minimum absolute atomic E-state index is 0.323. The first-order chi connectivity index (χ1) is 11.2. The Bertz CT molecular complexity index is 847. The number of hydrogen-bond acceptors (Lipinski definition) is 7. The van der Waals surface area contributed by atoms with Crippen LogP contribution in [0.4, 0.5) is 10.8 Å². The van der Waals surface area contributed by atoms with Crippen molar-refractivity contribution >= 4 is 38.5 Å². The standard InChI is InChI=1S/C16H16N4O2S/c1-2-22-15(21)10-4-3-5-11(8-10)18-9-12-6-7-13-14(19-12)23-16(17)20-13/h3-8,18H,2,9H2,1H3,(H2,17,20). The van der Waals surface area contributed by atoms with Crippen LogP contribution in [0.2, 0.25) is 0 Å². The van der Waals surface area contributed by atoms with Crippen LogP contribution < -0.4 is 11.1 Å². The van der Waals surface area contributed by atoms with E-state index in [2.05, 4.69) is 15.3 Å². The van der Waals surface area contributed by atoms with Gasteiger partial charge >= 0.3 is 5.97 Å². The van der Waals surface area contributed by atoms with Crippen molar-refractivity contribution in [3.8, 4) is 0 Å². The molecule has 0 unspecified atom stereocenters. The van der Waals surface area contributed by atoms with Gasteiger partial charge in [0.15, 0.2) is 5.13 Å². The van der Waals surface area contributed by atoms with Crippen molar-refractivity contribution in [2.45, 2.75) is 13.5 Å². The summed E-state index contributed by atoms with van der Waals surface area (Å²) in [4.78, 5) is 21.3. The van der Waals surface area contributed by atoms with E-state index in [4.69, 9.17) is 10.5 Å². The molecule has 2 heterocycles. The number of carbonyl (C=O) groups is 1. The molecule has 0 radical (unpaired) electrons. The zero-order chi connectivity index (χ0) is 16.2. The Labute approximate surface area is 137 Å². The number of rotatable bonds is 5. The molecule has 3 aromatic rings. The van der Waals surface area contributed by atoms with Gasteiger partial charge in [-0.1, -0.05) is 17.4 Å². The number of ether oxygens (including phenoxy) is 1. The molecule has 0 saturated carbocycles. The number of nitrogens with zero attached hydrogens (tertiary/aromatic N) is 2. The lowest BCUT2D eigenvalue weighted by Gasteiger charge is -2.08. The number of benzene rings is 1. The fraction of sp³-hybridized carbons (Fsp3) is 0.188. The molecule has 0 saturated heterocycles. The minimum atomic E-state index is -0.323. The van der Waals surface area contributed by atoms with Crippen LogP contribution in [0.1, 0.15) is 23.0 Å². The average Bonchev–Trinajstić information content (AvgIpc) is 2.92. The fourth-order valence-electron chi connectivity index (χ4n) is 2.13. The van der Waals surface area contributed by atoms with Crippen molar-refractivity contribution in [3.05, 3.63) is 47.7 Å². The monoisotopic (exact) mass is 328 g/mol. The number of nitrogens with one attached hydrogen (secondary N) is 1. The highest BCUT2D eigenvalue weighted by Crippen LogP contribution is 2.22. The van der Waals surface area contributed by atoms with Crippen molar-refractivity contribution in [2.75, 3.05) is 17.7 Å². The van der Waals surface area contributed by atoms with Crippen LogP contribution >= 0.6 is 11.3 Å². The third-order valence-electron chi connectivity index (χ3n) is 3.18. The molecule has 118 valence electrons. The summed E-state index contributed by atoms with van der Waals surface area (Å²) in [5, 5.41) is 3.77. The van der Waals surface area contributed by atoms with E-state index in [0.717, 1.165) is 21.7 Å². The van der Waals surface area contributed by atoms with Crippen molar-refractivity contribution in [1.82, 2.24) is 9.97 Å². The highest BCUT2D eigenvalue weighted by Gasteiger charge is 2.07. The molecule has 1 aromatic carbocycles. The molecule has 0 aliphatic carbocycles. The Balaban J connectivity index is 1.71. The largest absolute Gasteiger partial charge is 0.462 e. The van der Waals surface area contributed by atoms with Crippen molar-refractivity contribution in [1.29, 1.82) is 0 Å². The van der Waals surface area contributed by atoms with Crippen LogP contribution in [-0.4, -0.2) is 22.5 Å². The van der Waals surface area contributed by atoms with Gasteiger partial charge in [-0.05, 0) is 37.3 Å². The summed E-state index contributed by atoms with van der Waals surface area (Å²) in [6.45, 7) is 2.69. The molecule has 0 spiro atoms. The molecule has 2 aromatic heterocycles. The number of fused-ring (bicyclic) bond motifs is 1. The Hall–Kier alpha value is -2.67. The second kappa shape index (κ2) is 6.62. The summed E-state index contributed by atoms with van der Waals surface area (Å²) in [6, 6.07) is 11.0. The highest BCUT2D eigenvalue weighted by molar-refractivity contribution is 7.21. The molecular weight excluding hydrogens is 312 g/mol. The zero-order valence-electron chi connectivity index (χ0n) is 12.6. The molecule has 6 nitrogen and oxygen atoms in total. The number of aromatic nitrogens is 2. The second-order valence-electron chi connectivity index (χ2n) is 4.83. The normalized spacial score (nSPS) is 10.7. The van der Waals surface area contributed by atoms with Crippen LogP contribution in [0.25, 0.3) is 10.3 Å². The molecule has 0 atom stereocenters. The average molecular weight is 328 g/mol. The van der Waals surface area contributed by atoms with Gasteiger partial charge in [-0.3, -0.25) is 0 Å². The number of esters is 1. The van der Waals surface area contributed by atoms with Crippen molar-refractivity contribution in [2.24, 2.45) is 0 Å². The molecule has 0 aliphatic heterocycles.